The van der Waals surface area contributed by atoms with Gasteiger partial charge in [-0.15, -0.1) is 0 Å². The Morgan fingerprint density at radius 1 is 1.57 bits per heavy atom. The summed E-state index contributed by atoms with van der Waals surface area (Å²) in [5, 5.41) is 2.73. The highest BCUT2D eigenvalue weighted by molar-refractivity contribution is 5.77. The molecule has 2 amide bonds. The number of aromatic nitrogens is 1. The average Bonchev–Trinajstić information content (AvgIpc) is 2.52. The molecule has 1 fully saturated rings. The maximum atomic E-state index is 11.7. The van der Waals surface area contributed by atoms with Crippen LogP contribution in [0, 0.1) is 0 Å². The molecule has 0 aliphatic carbocycles. The van der Waals surface area contributed by atoms with Crippen molar-refractivity contribution in [3.05, 3.63) is 24.5 Å². The molecule has 7 nitrogen and oxygen atoms in total. The maximum absolute atomic E-state index is 11.7. The van der Waals surface area contributed by atoms with Crippen LogP contribution in [0.25, 0.3) is 0 Å². The number of hydrogen-bond donors (Lipinski definition) is 1. The first-order valence-corrected chi connectivity index (χ1v) is 6.82. The number of ether oxygens (including phenoxy) is 2. The molecule has 0 aromatic carbocycles. The number of carbonyl (C=O) groups excluding carboxylic acids is 2. The molecule has 7 heteroatoms. The van der Waals surface area contributed by atoms with Crippen LogP contribution in [0.1, 0.15) is 6.92 Å². The molecule has 1 N–H and O–H groups in total. The second-order valence-electron chi connectivity index (χ2n) is 4.74. The molecule has 1 saturated heterocycles. The Kier molecular flexibility index (Phi) is 5.51. The van der Waals surface area contributed by atoms with Crippen molar-refractivity contribution in [2.45, 2.75) is 13.0 Å². The van der Waals surface area contributed by atoms with Crippen LogP contribution in [0.15, 0.2) is 24.5 Å². The number of hydrogen-bond acceptors (Lipinski definition) is 5. The summed E-state index contributed by atoms with van der Waals surface area (Å²) in [7, 11) is 0. The third-order valence-electron chi connectivity index (χ3n) is 3.12. The van der Waals surface area contributed by atoms with E-state index in [1.54, 1.807) is 29.4 Å². The van der Waals surface area contributed by atoms with Crippen molar-refractivity contribution in [3.63, 3.8) is 0 Å². The summed E-state index contributed by atoms with van der Waals surface area (Å²) in [6.07, 6.45) is 3.00. The molecule has 0 saturated carbocycles. The first-order chi connectivity index (χ1) is 10.1. The third kappa shape index (κ3) is 5.03. The van der Waals surface area contributed by atoms with Gasteiger partial charge in [-0.25, -0.2) is 0 Å². The lowest BCUT2D eigenvalue weighted by molar-refractivity contribution is -0.136. The zero-order chi connectivity index (χ0) is 15.1. The Balaban J connectivity index is 1.68. The van der Waals surface area contributed by atoms with E-state index in [0.717, 1.165) is 0 Å². The van der Waals surface area contributed by atoms with Gasteiger partial charge >= 0.3 is 0 Å². The van der Waals surface area contributed by atoms with Gasteiger partial charge in [0.2, 0.25) is 5.91 Å². The fourth-order valence-electron chi connectivity index (χ4n) is 1.99. The molecule has 2 rings (SSSR count). The number of carbonyl (C=O) groups is 2. The Hall–Kier alpha value is -2.15. The third-order valence-corrected chi connectivity index (χ3v) is 3.12. The summed E-state index contributed by atoms with van der Waals surface area (Å²) in [6.45, 7) is 3.41. The first-order valence-electron chi connectivity index (χ1n) is 6.82. The van der Waals surface area contributed by atoms with Crippen molar-refractivity contribution in [1.82, 2.24) is 15.2 Å². The zero-order valence-electron chi connectivity index (χ0n) is 11.9. The lowest BCUT2D eigenvalue weighted by atomic mass is 10.2. The predicted molar refractivity (Wildman–Crippen MR) is 74.7 cm³/mol. The lowest BCUT2D eigenvalue weighted by Gasteiger charge is -2.32. The normalized spacial score (nSPS) is 18.1. The highest BCUT2D eigenvalue weighted by atomic mass is 16.5. The Bertz CT molecular complexity index is 480. The predicted octanol–water partition coefficient (Wildman–Crippen LogP) is -0.176. The molecular formula is C14H19N3O4. The van der Waals surface area contributed by atoms with Gasteiger partial charge in [0.15, 0.2) is 6.61 Å². The smallest absolute Gasteiger partial charge is 0.258 e. The molecule has 0 radical (unpaired) electrons. The molecule has 1 aromatic rings. The van der Waals surface area contributed by atoms with Crippen LogP contribution in [0.2, 0.25) is 0 Å². The van der Waals surface area contributed by atoms with E-state index < -0.39 is 0 Å². The molecule has 1 aliphatic heterocycles. The summed E-state index contributed by atoms with van der Waals surface area (Å²) in [4.78, 5) is 28.6. The van der Waals surface area contributed by atoms with Crippen LogP contribution in [-0.2, 0) is 14.3 Å². The summed E-state index contributed by atoms with van der Waals surface area (Å²) in [5.74, 6) is 0.335. The molecule has 1 aliphatic rings. The van der Waals surface area contributed by atoms with Gasteiger partial charge in [0, 0.05) is 32.8 Å². The van der Waals surface area contributed by atoms with Crippen LogP contribution in [0.4, 0.5) is 0 Å². The molecular weight excluding hydrogens is 274 g/mol. The van der Waals surface area contributed by atoms with Crippen molar-refractivity contribution < 1.29 is 19.1 Å². The second-order valence-corrected chi connectivity index (χ2v) is 4.74. The van der Waals surface area contributed by atoms with E-state index in [1.807, 2.05) is 0 Å². The molecule has 114 valence electrons. The summed E-state index contributed by atoms with van der Waals surface area (Å²) in [6, 6.07) is 3.47. The van der Waals surface area contributed by atoms with Gasteiger partial charge < -0.3 is 19.7 Å². The van der Waals surface area contributed by atoms with Crippen molar-refractivity contribution in [1.29, 1.82) is 0 Å². The zero-order valence-corrected chi connectivity index (χ0v) is 11.9. The van der Waals surface area contributed by atoms with E-state index in [9.17, 15) is 9.59 Å². The van der Waals surface area contributed by atoms with Gasteiger partial charge in [0.25, 0.3) is 5.91 Å². The van der Waals surface area contributed by atoms with Gasteiger partial charge in [-0.3, -0.25) is 14.6 Å². The Morgan fingerprint density at radius 2 is 2.43 bits per heavy atom. The number of pyridine rings is 1. The number of amides is 2. The van der Waals surface area contributed by atoms with Crippen molar-refractivity contribution >= 4 is 11.8 Å². The van der Waals surface area contributed by atoms with Gasteiger partial charge in [-0.2, -0.15) is 0 Å². The highest BCUT2D eigenvalue weighted by Gasteiger charge is 2.22. The summed E-state index contributed by atoms with van der Waals surface area (Å²) < 4.78 is 10.8. The number of nitrogens with zero attached hydrogens (tertiary/aromatic N) is 2. The lowest BCUT2D eigenvalue weighted by Crippen LogP contribution is -2.49. The van der Waals surface area contributed by atoms with Crippen LogP contribution in [0.3, 0.4) is 0 Å². The van der Waals surface area contributed by atoms with Crippen LogP contribution in [0.5, 0.6) is 5.75 Å². The monoisotopic (exact) mass is 293 g/mol. The molecule has 21 heavy (non-hydrogen) atoms. The molecule has 0 spiro atoms. The summed E-state index contributed by atoms with van der Waals surface area (Å²) >= 11 is 0. The van der Waals surface area contributed by atoms with Gasteiger partial charge in [0.1, 0.15) is 5.75 Å². The standard InChI is InChI=1S/C14H19N3O4/c1-11(18)17-5-6-20-13(9-17)8-16-14(19)10-21-12-3-2-4-15-7-12/h2-4,7,13H,5-6,8-10H2,1H3,(H,16,19). The molecule has 1 unspecified atom stereocenters. The van der Waals surface area contributed by atoms with E-state index >= 15 is 0 Å². The van der Waals surface area contributed by atoms with Gasteiger partial charge in [-0.1, -0.05) is 0 Å². The SMILES string of the molecule is CC(=O)N1CCOC(CNC(=O)COc2cccnc2)C1. The van der Waals surface area contributed by atoms with Crippen molar-refractivity contribution in [3.8, 4) is 5.75 Å². The van der Waals surface area contributed by atoms with E-state index in [4.69, 9.17) is 9.47 Å². The Morgan fingerprint density at radius 3 is 3.14 bits per heavy atom. The second kappa shape index (κ2) is 7.58. The van der Waals surface area contributed by atoms with Crippen LogP contribution in [-0.4, -0.2) is 60.7 Å². The molecule has 0 bridgehead atoms. The minimum atomic E-state index is -0.234. The molecule has 1 aromatic heterocycles. The number of morpholine rings is 1. The van der Waals surface area contributed by atoms with Gasteiger partial charge in [-0.05, 0) is 12.1 Å². The highest BCUT2D eigenvalue weighted by Crippen LogP contribution is 2.06. The van der Waals surface area contributed by atoms with E-state index in [2.05, 4.69) is 10.3 Å². The van der Waals surface area contributed by atoms with Gasteiger partial charge in [0.05, 0.1) is 18.9 Å². The first kappa shape index (κ1) is 15.2. The summed E-state index contributed by atoms with van der Waals surface area (Å²) in [5.41, 5.74) is 0. The molecule has 2 heterocycles. The van der Waals surface area contributed by atoms with Crippen LogP contribution >= 0.6 is 0 Å². The van der Waals surface area contributed by atoms with E-state index in [-0.39, 0.29) is 24.5 Å². The minimum absolute atomic E-state index is 0.0227. The maximum Gasteiger partial charge on any atom is 0.258 e. The largest absolute Gasteiger partial charge is 0.482 e. The van der Waals surface area contributed by atoms with E-state index in [0.29, 0.717) is 32.0 Å². The quantitative estimate of drug-likeness (QED) is 0.815. The van der Waals surface area contributed by atoms with E-state index in [1.165, 1.54) is 6.92 Å². The number of nitrogens with one attached hydrogen (secondary N) is 1. The Labute approximate surface area is 123 Å². The minimum Gasteiger partial charge on any atom is -0.482 e. The topological polar surface area (TPSA) is 80.8 Å². The van der Waals surface area contributed by atoms with Crippen molar-refractivity contribution in [2.75, 3.05) is 32.8 Å². The molecule has 1 atom stereocenters. The van der Waals surface area contributed by atoms with Crippen LogP contribution < -0.4 is 10.1 Å². The fraction of sp³-hybridized carbons (Fsp3) is 0.500. The average molecular weight is 293 g/mol. The number of rotatable bonds is 5. The van der Waals surface area contributed by atoms with Crippen molar-refractivity contribution in [2.24, 2.45) is 0 Å². The fourth-order valence-corrected chi connectivity index (χ4v) is 1.99.